The maximum atomic E-state index is 2.45. The van der Waals surface area contributed by atoms with Crippen LogP contribution in [0.5, 0.6) is 0 Å². The zero-order valence-electron chi connectivity index (χ0n) is 9.57. The van der Waals surface area contributed by atoms with E-state index < -0.39 is 0 Å². The van der Waals surface area contributed by atoms with Gasteiger partial charge in [-0.1, -0.05) is 56.2 Å². The number of unbranched alkanes of at least 4 members (excludes halogenated alkanes) is 1. The van der Waals surface area contributed by atoms with Gasteiger partial charge in [0.25, 0.3) is 0 Å². The van der Waals surface area contributed by atoms with Gasteiger partial charge < -0.3 is 4.90 Å². The average molecular weight is 297 g/mol. The van der Waals surface area contributed by atoms with E-state index in [2.05, 4.69) is 55.3 Å². The zero-order valence-corrected chi connectivity index (χ0v) is 11.7. The van der Waals surface area contributed by atoms with E-state index in [0.717, 1.165) is 0 Å². The van der Waals surface area contributed by atoms with Gasteiger partial charge in [0.2, 0.25) is 0 Å². The fraction of sp³-hybridized carbons (Fsp3) is 1.00. The predicted molar refractivity (Wildman–Crippen MR) is 69.7 cm³/mol. The fourth-order valence-electron chi connectivity index (χ4n) is 1.69. The first-order valence-corrected chi connectivity index (χ1v) is 6.79. The van der Waals surface area contributed by atoms with Gasteiger partial charge in [-0.05, 0) is 18.9 Å². The highest BCUT2D eigenvalue weighted by Gasteiger charge is 2.18. The second kappa shape index (κ2) is 7.04. The Morgan fingerprint density at radius 3 is 2.38 bits per heavy atom. The van der Waals surface area contributed by atoms with Crippen molar-refractivity contribution in [3.05, 3.63) is 0 Å². The van der Waals surface area contributed by atoms with Crippen molar-refractivity contribution in [1.82, 2.24) is 4.90 Å². The summed E-state index contributed by atoms with van der Waals surface area (Å²) < 4.78 is 1.23. The molecule has 0 saturated heterocycles. The summed E-state index contributed by atoms with van der Waals surface area (Å²) in [6, 6.07) is 0. The van der Waals surface area contributed by atoms with Crippen molar-refractivity contribution in [2.45, 2.75) is 40.0 Å². The summed E-state index contributed by atoms with van der Waals surface area (Å²) in [5, 5.41) is 0. The molecule has 0 rings (SSSR count). The number of hydrogen-bond acceptors (Lipinski definition) is 1. The van der Waals surface area contributed by atoms with Gasteiger partial charge >= 0.3 is 0 Å². The van der Waals surface area contributed by atoms with Crippen LogP contribution in [-0.4, -0.2) is 29.5 Å². The minimum Gasteiger partial charge on any atom is -0.305 e. The first-order chi connectivity index (χ1) is 6.02. The van der Waals surface area contributed by atoms with E-state index in [0.29, 0.717) is 5.41 Å². The molecule has 0 fully saturated rings. The van der Waals surface area contributed by atoms with E-state index in [1.165, 1.54) is 36.8 Å². The Morgan fingerprint density at radius 1 is 1.31 bits per heavy atom. The molecule has 0 aromatic carbocycles. The molecule has 0 spiro atoms. The van der Waals surface area contributed by atoms with Gasteiger partial charge in [0.15, 0.2) is 0 Å². The average Bonchev–Trinajstić information content (AvgIpc) is 2.00. The molecule has 0 radical (unpaired) electrons. The van der Waals surface area contributed by atoms with Gasteiger partial charge in [-0.25, -0.2) is 0 Å². The molecule has 0 saturated carbocycles. The molecule has 0 atom stereocenters. The van der Waals surface area contributed by atoms with Crippen LogP contribution in [0, 0.1) is 5.41 Å². The summed E-state index contributed by atoms with van der Waals surface area (Å²) in [5.41, 5.74) is 0.497. The molecule has 0 aliphatic heterocycles. The molecule has 0 N–H and O–H groups in total. The normalized spacial score (nSPS) is 12.5. The second-order valence-corrected chi connectivity index (χ2v) is 5.77. The molecule has 0 aromatic heterocycles. The van der Waals surface area contributed by atoms with E-state index >= 15 is 0 Å². The van der Waals surface area contributed by atoms with Gasteiger partial charge in [-0.2, -0.15) is 0 Å². The van der Waals surface area contributed by atoms with Crippen LogP contribution in [-0.2, 0) is 0 Å². The monoisotopic (exact) mass is 297 g/mol. The molecular weight excluding hydrogens is 273 g/mol. The van der Waals surface area contributed by atoms with Crippen LogP contribution in [0.2, 0.25) is 0 Å². The maximum Gasteiger partial charge on any atom is 0.0123 e. The number of hydrogen-bond donors (Lipinski definition) is 0. The standard InChI is InChI=1S/C11H24IN/c1-5-6-7-11(2,3)10-13(4)9-8-12/h5-10H2,1-4H3. The van der Waals surface area contributed by atoms with Crippen LogP contribution in [0.15, 0.2) is 0 Å². The summed E-state index contributed by atoms with van der Waals surface area (Å²) in [4.78, 5) is 2.45. The van der Waals surface area contributed by atoms with Crippen molar-refractivity contribution in [3.8, 4) is 0 Å². The predicted octanol–water partition coefficient (Wildman–Crippen LogP) is 3.57. The second-order valence-electron chi connectivity index (χ2n) is 4.69. The molecule has 2 heteroatoms. The van der Waals surface area contributed by atoms with E-state index in [-0.39, 0.29) is 0 Å². The Hall–Kier alpha value is 0.690. The Kier molecular flexibility index (Phi) is 7.42. The van der Waals surface area contributed by atoms with Gasteiger partial charge in [0, 0.05) is 17.5 Å². The van der Waals surface area contributed by atoms with Gasteiger partial charge in [-0.15, -0.1) is 0 Å². The first-order valence-electron chi connectivity index (χ1n) is 5.26. The summed E-state index contributed by atoms with van der Waals surface area (Å²) >= 11 is 2.44. The number of halogens is 1. The van der Waals surface area contributed by atoms with E-state index in [4.69, 9.17) is 0 Å². The summed E-state index contributed by atoms with van der Waals surface area (Å²) in [6.45, 7) is 9.48. The molecule has 0 aliphatic rings. The number of alkyl halides is 1. The quantitative estimate of drug-likeness (QED) is 0.513. The third-order valence-electron chi connectivity index (χ3n) is 2.37. The highest BCUT2D eigenvalue weighted by molar-refractivity contribution is 14.1. The third kappa shape index (κ3) is 7.74. The third-order valence-corrected chi connectivity index (χ3v) is 2.85. The zero-order chi connectivity index (χ0) is 10.3. The molecular formula is C11H24IN. The Balaban J connectivity index is 3.71. The molecule has 0 unspecified atom stereocenters. The smallest absolute Gasteiger partial charge is 0.0123 e. The van der Waals surface area contributed by atoms with Crippen LogP contribution >= 0.6 is 22.6 Å². The van der Waals surface area contributed by atoms with Crippen molar-refractivity contribution >= 4 is 22.6 Å². The summed E-state index contributed by atoms with van der Waals surface area (Å²) in [6.07, 6.45) is 4.04. The highest BCUT2D eigenvalue weighted by Crippen LogP contribution is 2.23. The Morgan fingerprint density at radius 2 is 1.92 bits per heavy atom. The summed E-state index contributed by atoms with van der Waals surface area (Å²) in [7, 11) is 2.23. The van der Waals surface area contributed by atoms with Crippen LogP contribution in [0.4, 0.5) is 0 Å². The Bertz CT molecular complexity index is 123. The molecule has 80 valence electrons. The van der Waals surface area contributed by atoms with Crippen molar-refractivity contribution in [2.24, 2.45) is 5.41 Å². The van der Waals surface area contributed by atoms with Crippen LogP contribution in [0.25, 0.3) is 0 Å². The lowest BCUT2D eigenvalue weighted by Crippen LogP contribution is -2.32. The van der Waals surface area contributed by atoms with Gasteiger partial charge in [-0.3, -0.25) is 0 Å². The molecule has 13 heavy (non-hydrogen) atoms. The first kappa shape index (κ1) is 13.7. The summed E-state index contributed by atoms with van der Waals surface area (Å²) in [5.74, 6) is 0. The largest absolute Gasteiger partial charge is 0.305 e. The number of rotatable bonds is 7. The molecule has 0 heterocycles. The topological polar surface area (TPSA) is 3.24 Å². The maximum absolute atomic E-state index is 2.45. The molecule has 0 aliphatic carbocycles. The number of nitrogens with zero attached hydrogens (tertiary/aromatic N) is 1. The van der Waals surface area contributed by atoms with Crippen LogP contribution in [0.3, 0.4) is 0 Å². The highest BCUT2D eigenvalue weighted by atomic mass is 127. The van der Waals surface area contributed by atoms with Gasteiger partial charge in [0.05, 0.1) is 0 Å². The molecule has 0 amide bonds. The minimum absolute atomic E-state index is 0.497. The molecule has 1 nitrogen and oxygen atoms in total. The van der Waals surface area contributed by atoms with E-state index in [1.807, 2.05) is 0 Å². The van der Waals surface area contributed by atoms with Gasteiger partial charge in [0.1, 0.15) is 0 Å². The van der Waals surface area contributed by atoms with Crippen molar-refractivity contribution < 1.29 is 0 Å². The minimum atomic E-state index is 0.497. The van der Waals surface area contributed by atoms with Crippen molar-refractivity contribution in [3.63, 3.8) is 0 Å². The lowest BCUT2D eigenvalue weighted by atomic mass is 9.87. The molecule has 0 aromatic rings. The van der Waals surface area contributed by atoms with Crippen LogP contribution < -0.4 is 0 Å². The van der Waals surface area contributed by atoms with E-state index in [1.54, 1.807) is 0 Å². The molecule has 0 bridgehead atoms. The lowest BCUT2D eigenvalue weighted by molar-refractivity contribution is 0.202. The SMILES string of the molecule is CCCCC(C)(C)CN(C)CCI. The Labute approximate surface area is 97.4 Å². The van der Waals surface area contributed by atoms with Crippen LogP contribution in [0.1, 0.15) is 40.0 Å². The lowest BCUT2D eigenvalue weighted by Gasteiger charge is -2.30. The van der Waals surface area contributed by atoms with Crippen molar-refractivity contribution in [1.29, 1.82) is 0 Å². The van der Waals surface area contributed by atoms with Crippen molar-refractivity contribution in [2.75, 3.05) is 24.6 Å². The van der Waals surface area contributed by atoms with E-state index in [9.17, 15) is 0 Å². The fourth-order valence-corrected chi connectivity index (χ4v) is 2.51.